The van der Waals surface area contributed by atoms with Crippen molar-refractivity contribution < 1.29 is 23.8 Å². The molecule has 2 rings (SSSR count). The van der Waals surface area contributed by atoms with Crippen molar-refractivity contribution in [1.82, 2.24) is 0 Å². The Morgan fingerprint density at radius 1 is 1.00 bits per heavy atom. The highest BCUT2D eigenvalue weighted by atomic mass is 19.2. The summed E-state index contributed by atoms with van der Waals surface area (Å²) in [5.74, 6) is -4.20. The van der Waals surface area contributed by atoms with Crippen molar-refractivity contribution in [3.05, 3.63) is 53.6 Å². The first-order valence-electron chi connectivity index (χ1n) is 5.27. The summed E-state index contributed by atoms with van der Waals surface area (Å²) in [6.45, 7) is 0. The van der Waals surface area contributed by atoms with Gasteiger partial charge in [-0.3, -0.25) is 4.79 Å². The third kappa shape index (κ3) is 2.47. The maximum atomic E-state index is 13.4. The zero-order valence-electron chi connectivity index (χ0n) is 9.52. The van der Waals surface area contributed by atoms with Crippen LogP contribution in [-0.4, -0.2) is 16.1 Å². The monoisotopic (exact) mass is 265 g/mol. The molecule has 6 heteroatoms. The lowest BCUT2D eigenvalue weighted by Gasteiger charge is -2.09. The number of hydrogen-bond acceptors (Lipinski definition) is 3. The van der Waals surface area contributed by atoms with Crippen molar-refractivity contribution >= 4 is 11.6 Å². The lowest BCUT2D eigenvalue weighted by Crippen LogP contribution is -2.13. The molecule has 2 aromatic rings. The van der Waals surface area contributed by atoms with Crippen LogP contribution in [0.3, 0.4) is 0 Å². The number of phenols is 2. The molecule has 0 radical (unpaired) electrons. The number of phenolic OH excluding ortho intramolecular Hbond substituents is 2. The topological polar surface area (TPSA) is 69.6 Å². The van der Waals surface area contributed by atoms with Gasteiger partial charge in [0.15, 0.2) is 11.6 Å². The second-order valence-corrected chi connectivity index (χ2v) is 3.73. The fourth-order valence-electron chi connectivity index (χ4n) is 1.55. The van der Waals surface area contributed by atoms with Crippen LogP contribution in [0.2, 0.25) is 0 Å². The molecular weight excluding hydrogens is 256 g/mol. The van der Waals surface area contributed by atoms with E-state index in [-0.39, 0.29) is 5.69 Å². The van der Waals surface area contributed by atoms with Crippen LogP contribution >= 0.6 is 0 Å². The maximum absolute atomic E-state index is 13.4. The summed E-state index contributed by atoms with van der Waals surface area (Å²) in [5, 5.41) is 21.0. The smallest absolute Gasteiger partial charge is 0.263 e. The van der Waals surface area contributed by atoms with E-state index in [1.807, 2.05) is 0 Å². The quantitative estimate of drug-likeness (QED) is 0.781. The molecule has 0 aliphatic heterocycles. The highest BCUT2D eigenvalue weighted by Gasteiger charge is 2.18. The summed E-state index contributed by atoms with van der Waals surface area (Å²) >= 11 is 0. The van der Waals surface area contributed by atoms with Crippen LogP contribution < -0.4 is 5.32 Å². The van der Waals surface area contributed by atoms with E-state index in [0.29, 0.717) is 0 Å². The molecule has 0 unspecified atom stereocenters. The average molecular weight is 265 g/mol. The standard InChI is InChI=1S/C13H9F2NO3/c14-7-3-1-4-8(12(7)15)16-13(19)11-9(17)5-2-6-10(11)18/h1-6,17-18H,(H,16,19). The Morgan fingerprint density at radius 3 is 2.21 bits per heavy atom. The number of nitrogens with one attached hydrogen (secondary N) is 1. The zero-order valence-corrected chi connectivity index (χ0v) is 9.52. The third-order valence-electron chi connectivity index (χ3n) is 2.45. The minimum Gasteiger partial charge on any atom is -0.507 e. The van der Waals surface area contributed by atoms with E-state index >= 15 is 0 Å². The Balaban J connectivity index is 2.34. The van der Waals surface area contributed by atoms with Gasteiger partial charge in [-0.2, -0.15) is 0 Å². The number of rotatable bonds is 2. The Labute approximate surface area is 106 Å². The molecule has 0 saturated carbocycles. The fraction of sp³-hybridized carbons (Fsp3) is 0. The predicted molar refractivity (Wildman–Crippen MR) is 64.1 cm³/mol. The number of anilines is 1. The fourth-order valence-corrected chi connectivity index (χ4v) is 1.55. The van der Waals surface area contributed by atoms with Crippen LogP contribution in [-0.2, 0) is 0 Å². The number of benzene rings is 2. The number of carbonyl (C=O) groups is 1. The van der Waals surface area contributed by atoms with Crippen molar-refractivity contribution in [2.24, 2.45) is 0 Å². The van der Waals surface area contributed by atoms with Gasteiger partial charge < -0.3 is 15.5 Å². The number of hydrogen-bond donors (Lipinski definition) is 3. The van der Waals surface area contributed by atoms with Crippen LogP contribution in [0.4, 0.5) is 14.5 Å². The van der Waals surface area contributed by atoms with E-state index < -0.39 is 34.6 Å². The number of carbonyl (C=O) groups excluding carboxylic acids is 1. The molecular formula is C13H9F2NO3. The molecule has 0 aliphatic rings. The van der Waals surface area contributed by atoms with Gasteiger partial charge in [0.2, 0.25) is 0 Å². The second kappa shape index (κ2) is 4.93. The molecule has 0 saturated heterocycles. The molecule has 0 aromatic heterocycles. The molecule has 0 atom stereocenters. The van der Waals surface area contributed by atoms with Gasteiger partial charge in [-0.25, -0.2) is 8.78 Å². The van der Waals surface area contributed by atoms with Crippen molar-refractivity contribution in [2.45, 2.75) is 0 Å². The van der Waals surface area contributed by atoms with Gasteiger partial charge in [0.05, 0.1) is 5.69 Å². The molecule has 0 fully saturated rings. The summed E-state index contributed by atoms with van der Waals surface area (Å²) in [7, 11) is 0. The Bertz CT molecular complexity index is 624. The lowest BCUT2D eigenvalue weighted by atomic mass is 10.1. The highest BCUT2D eigenvalue weighted by Crippen LogP contribution is 2.27. The van der Waals surface area contributed by atoms with E-state index in [4.69, 9.17) is 0 Å². The summed E-state index contributed by atoms with van der Waals surface area (Å²) in [6, 6.07) is 7.01. The van der Waals surface area contributed by atoms with Gasteiger partial charge in [-0.1, -0.05) is 12.1 Å². The first-order valence-corrected chi connectivity index (χ1v) is 5.27. The van der Waals surface area contributed by atoms with E-state index in [0.717, 1.165) is 12.1 Å². The van der Waals surface area contributed by atoms with E-state index in [1.165, 1.54) is 24.3 Å². The van der Waals surface area contributed by atoms with Crippen LogP contribution in [0, 0.1) is 11.6 Å². The average Bonchev–Trinajstić information content (AvgIpc) is 2.35. The largest absolute Gasteiger partial charge is 0.507 e. The van der Waals surface area contributed by atoms with Gasteiger partial charge in [0.1, 0.15) is 17.1 Å². The first kappa shape index (κ1) is 12.8. The Hall–Kier alpha value is -2.63. The van der Waals surface area contributed by atoms with Crippen LogP contribution in [0.15, 0.2) is 36.4 Å². The van der Waals surface area contributed by atoms with Gasteiger partial charge in [0.25, 0.3) is 5.91 Å². The molecule has 1 amide bonds. The zero-order chi connectivity index (χ0) is 14.0. The van der Waals surface area contributed by atoms with Crippen molar-refractivity contribution in [1.29, 1.82) is 0 Å². The van der Waals surface area contributed by atoms with Crippen LogP contribution in [0.25, 0.3) is 0 Å². The summed E-state index contributed by atoms with van der Waals surface area (Å²) < 4.78 is 26.3. The van der Waals surface area contributed by atoms with E-state index in [1.54, 1.807) is 0 Å². The molecule has 0 bridgehead atoms. The molecule has 0 aliphatic carbocycles. The molecule has 0 spiro atoms. The number of halogens is 2. The van der Waals surface area contributed by atoms with E-state index in [2.05, 4.69) is 5.32 Å². The molecule has 0 heterocycles. The van der Waals surface area contributed by atoms with Crippen LogP contribution in [0.5, 0.6) is 11.5 Å². The first-order chi connectivity index (χ1) is 9.00. The summed E-state index contributed by atoms with van der Waals surface area (Å²) in [6.07, 6.45) is 0. The minimum atomic E-state index is -1.22. The van der Waals surface area contributed by atoms with Crippen molar-refractivity contribution in [3.63, 3.8) is 0 Å². The van der Waals surface area contributed by atoms with Gasteiger partial charge in [-0.05, 0) is 24.3 Å². The normalized spacial score (nSPS) is 10.2. The molecule has 2 aromatic carbocycles. The Kier molecular flexibility index (Phi) is 3.33. The number of aromatic hydroxyl groups is 2. The summed E-state index contributed by atoms with van der Waals surface area (Å²) in [4.78, 5) is 11.8. The Morgan fingerprint density at radius 2 is 1.58 bits per heavy atom. The molecule has 98 valence electrons. The van der Waals surface area contributed by atoms with Gasteiger partial charge in [0, 0.05) is 0 Å². The van der Waals surface area contributed by atoms with Crippen molar-refractivity contribution in [3.8, 4) is 11.5 Å². The second-order valence-electron chi connectivity index (χ2n) is 3.73. The minimum absolute atomic E-state index is 0.382. The van der Waals surface area contributed by atoms with E-state index in [9.17, 15) is 23.8 Å². The van der Waals surface area contributed by atoms with Crippen molar-refractivity contribution in [2.75, 3.05) is 5.32 Å². The summed E-state index contributed by atoms with van der Waals surface area (Å²) in [5.41, 5.74) is -0.793. The molecule has 19 heavy (non-hydrogen) atoms. The van der Waals surface area contributed by atoms with Gasteiger partial charge in [-0.15, -0.1) is 0 Å². The predicted octanol–water partition coefficient (Wildman–Crippen LogP) is 2.63. The maximum Gasteiger partial charge on any atom is 0.263 e. The highest BCUT2D eigenvalue weighted by molar-refractivity contribution is 6.08. The van der Waals surface area contributed by atoms with Gasteiger partial charge >= 0.3 is 0 Å². The molecule has 4 nitrogen and oxygen atoms in total. The number of amides is 1. The third-order valence-corrected chi connectivity index (χ3v) is 2.45. The lowest BCUT2D eigenvalue weighted by molar-refractivity contribution is 0.102. The van der Waals surface area contributed by atoms with Crippen LogP contribution in [0.1, 0.15) is 10.4 Å². The SMILES string of the molecule is O=C(Nc1cccc(F)c1F)c1c(O)cccc1O. The molecule has 3 N–H and O–H groups in total.